The maximum atomic E-state index is 13.0. The van der Waals surface area contributed by atoms with Gasteiger partial charge in [-0.3, -0.25) is 9.89 Å². The Balaban J connectivity index is 1.58. The number of hydrogen-bond acceptors (Lipinski definition) is 5. The summed E-state index contributed by atoms with van der Waals surface area (Å²) >= 11 is 0. The number of carbonyl (C=O) groups excluding carboxylic acids is 1. The maximum absolute atomic E-state index is 13.0. The van der Waals surface area contributed by atoms with Crippen LogP contribution in [0.1, 0.15) is 72.9 Å². The SMILES string of the molecule is CC(C)(C)c1cc(C(=O)N2CCC[C@@H]2c2ncc3c(n2)CCNC3)n[nH]1. The summed E-state index contributed by atoms with van der Waals surface area (Å²) in [5.41, 5.74) is 3.66. The van der Waals surface area contributed by atoms with Crippen LogP contribution in [0.15, 0.2) is 12.3 Å². The quantitative estimate of drug-likeness (QED) is 0.863. The first kappa shape index (κ1) is 17.1. The number of H-pyrrole nitrogens is 1. The van der Waals surface area contributed by atoms with Crippen molar-refractivity contribution in [1.29, 1.82) is 0 Å². The predicted octanol–water partition coefficient (Wildman–Crippen LogP) is 2.12. The van der Waals surface area contributed by atoms with E-state index in [1.807, 2.05) is 17.2 Å². The van der Waals surface area contributed by atoms with Gasteiger partial charge in [0.2, 0.25) is 0 Å². The van der Waals surface area contributed by atoms with Gasteiger partial charge in [-0.15, -0.1) is 0 Å². The minimum atomic E-state index is -0.0639. The molecule has 0 unspecified atom stereocenters. The lowest BCUT2D eigenvalue weighted by atomic mass is 9.92. The molecule has 0 saturated carbocycles. The van der Waals surface area contributed by atoms with Gasteiger partial charge in [-0.2, -0.15) is 5.10 Å². The highest BCUT2D eigenvalue weighted by molar-refractivity contribution is 5.92. The molecule has 0 radical (unpaired) electrons. The van der Waals surface area contributed by atoms with Crippen LogP contribution in [0.3, 0.4) is 0 Å². The molecule has 2 aliphatic rings. The van der Waals surface area contributed by atoms with Crippen molar-refractivity contribution in [2.75, 3.05) is 13.1 Å². The van der Waals surface area contributed by atoms with Gasteiger partial charge in [0.25, 0.3) is 5.91 Å². The molecule has 2 aliphatic heterocycles. The Labute approximate surface area is 153 Å². The van der Waals surface area contributed by atoms with Crippen LogP contribution in [0.25, 0.3) is 0 Å². The van der Waals surface area contributed by atoms with Crippen LogP contribution in [-0.4, -0.2) is 44.1 Å². The van der Waals surface area contributed by atoms with Gasteiger partial charge in [0.1, 0.15) is 5.69 Å². The van der Waals surface area contributed by atoms with Crippen LogP contribution in [0.5, 0.6) is 0 Å². The molecule has 7 nitrogen and oxygen atoms in total. The Hall–Kier alpha value is -2.28. The third-order valence-corrected chi connectivity index (χ3v) is 5.24. The van der Waals surface area contributed by atoms with Crippen molar-refractivity contribution in [1.82, 2.24) is 30.4 Å². The molecule has 2 N–H and O–H groups in total. The minimum Gasteiger partial charge on any atom is -0.327 e. The number of aromatic amines is 1. The number of hydrogen-bond donors (Lipinski definition) is 2. The highest BCUT2D eigenvalue weighted by Crippen LogP contribution is 2.32. The van der Waals surface area contributed by atoms with Gasteiger partial charge < -0.3 is 10.2 Å². The fraction of sp³-hybridized carbons (Fsp3) is 0.579. The van der Waals surface area contributed by atoms with Crippen molar-refractivity contribution in [3.63, 3.8) is 0 Å². The molecule has 138 valence electrons. The van der Waals surface area contributed by atoms with Crippen LogP contribution in [-0.2, 0) is 18.4 Å². The molecule has 7 heteroatoms. The standard InChI is InChI=1S/C19H26N6O/c1-19(2,3)16-9-14(23-24-16)18(26)25-8-4-5-15(25)17-21-11-12-10-20-7-6-13(12)22-17/h9,11,15,20H,4-8,10H2,1-3H3,(H,23,24)/t15-/m1/s1. The molecule has 1 atom stereocenters. The highest BCUT2D eigenvalue weighted by Gasteiger charge is 2.34. The molecule has 0 bridgehead atoms. The van der Waals surface area contributed by atoms with Gasteiger partial charge in [-0.1, -0.05) is 20.8 Å². The van der Waals surface area contributed by atoms with Crippen molar-refractivity contribution >= 4 is 5.91 Å². The molecule has 0 spiro atoms. The number of nitrogens with one attached hydrogen (secondary N) is 2. The number of amides is 1. The normalized spacial score (nSPS) is 20.3. The lowest BCUT2D eigenvalue weighted by molar-refractivity contribution is 0.0723. The molecule has 2 aromatic rings. The zero-order valence-corrected chi connectivity index (χ0v) is 15.7. The Morgan fingerprint density at radius 2 is 2.19 bits per heavy atom. The summed E-state index contributed by atoms with van der Waals surface area (Å²) in [7, 11) is 0. The van der Waals surface area contributed by atoms with Gasteiger partial charge in [0.15, 0.2) is 5.82 Å². The van der Waals surface area contributed by atoms with E-state index in [0.29, 0.717) is 5.69 Å². The van der Waals surface area contributed by atoms with Crippen LogP contribution >= 0.6 is 0 Å². The summed E-state index contributed by atoms with van der Waals surface area (Å²) in [5.74, 6) is 0.727. The summed E-state index contributed by atoms with van der Waals surface area (Å²) in [5, 5.41) is 10.6. The van der Waals surface area contributed by atoms with Gasteiger partial charge in [-0.25, -0.2) is 9.97 Å². The monoisotopic (exact) mass is 354 g/mol. The summed E-state index contributed by atoms with van der Waals surface area (Å²) < 4.78 is 0. The first-order chi connectivity index (χ1) is 12.4. The molecular weight excluding hydrogens is 328 g/mol. The van der Waals surface area contributed by atoms with Crippen molar-refractivity contribution in [3.05, 3.63) is 40.7 Å². The van der Waals surface area contributed by atoms with Crippen LogP contribution in [0.2, 0.25) is 0 Å². The van der Waals surface area contributed by atoms with Gasteiger partial charge in [-0.05, 0) is 18.9 Å². The number of nitrogens with zero attached hydrogens (tertiary/aromatic N) is 4. The molecular formula is C19H26N6O. The van der Waals surface area contributed by atoms with E-state index in [1.165, 1.54) is 0 Å². The van der Waals surface area contributed by atoms with Crippen LogP contribution < -0.4 is 5.32 Å². The average Bonchev–Trinajstić information content (AvgIpc) is 3.30. The second kappa shape index (κ2) is 6.46. The highest BCUT2D eigenvalue weighted by atomic mass is 16.2. The van der Waals surface area contributed by atoms with Crippen molar-refractivity contribution in [2.45, 2.75) is 58.0 Å². The minimum absolute atomic E-state index is 0.0396. The summed E-state index contributed by atoms with van der Waals surface area (Å²) in [4.78, 5) is 24.3. The van der Waals surface area contributed by atoms with E-state index >= 15 is 0 Å². The number of rotatable bonds is 2. The fourth-order valence-corrected chi connectivity index (χ4v) is 3.65. The second-order valence-corrected chi connectivity index (χ2v) is 8.20. The maximum Gasteiger partial charge on any atom is 0.274 e. The van der Waals surface area contributed by atoms with E-state index in [9.17, 15) is 4.79 Å². The Morgan fingerprint density at radius 3 is 2.96 bits per heavy atom. The molecule has 26 heavy (non-hydrogen) atoms. The van der Waals surface area contributed by atoms with Crippen LogP contribution in [0, 0.1) is 0 Å². The van der Waals surface area contributed by atoms with E-state index in [-0.39, 0.29) is 17.4 Å². The summed E-state index contributed by atoms with van der Waals surface area (Å²) in [6, 6.07) is 1.81. The number of fused-ring (bicyclic) bond motifs is 1. The van der Waals surface area contributed by atoms with Gasteiger partial charge >= 0.3 is 0 Å². The Morgan fingerprint density at radius 1 is 1.35 bits per heavy atom. The van der Waals surface area contributed by atoms with E-state index in [1.54, 1.807) is 0 Å². The molecule has 4 rings (SSSR count). The molecule has 0 aromatic carbocycles. The van der Waals surface area contributed by atoms with Crippen LogP contribution in [0.4, 0.5) is 0 Å². The van der Waals surface area contributed by atoms with Gasteiger partial charge in [0, 0.05) is 54.6 Å². The number of carbonyl (C=O) groups is 1. The average molecular weight is 354 g/mol. The Bertz CT molecular complexity index is 822. The lowest BCUT2D eigenvalue weighted by Crippen LogP contribution is -2.32. The van der Waals surface area contributed by atoms with Gasteiger partial charge in [0.05, 0.1) is 6.04 Å². The van der Waals surface area contributed by atoms with Crippen molar-refractivity contribution < 1.29 is 4.79 Å². The number of aromatic nitrogens is 4. The first-order valence-electron chi connectivity index (χ1n) is 9.36. The molecule has 1 amide bonds. The van der Waals surface area contributed by atoms with E-state index in [0.717, 1.165) is 61.7 Å². The molecule has 1 saturated heterocycles. The third kappa shape index (κ3) is 3.11. The topological polar surface area (TPSA) is 86.8 Å². The smallest absolute Gasteiger partial charge is 0.274 e. The Kier molecular flexibility index (Phi) is 4.26. The summed E-state index contributed by atoms with van der Waals surface area (Å²) in [6.45, 7) is 8.80. The summed E-state index contributed by atoms with van der Waals surface area (Å²) in [6.07, 6.45) is 4.70. The second-order valence-electron chi connectivity index (χ2n) is 8.20. The van der Waals surface area contributed by atoms with E-state index in [4.69, 9.17) is 4.98 Å². The zero-order valence-electron chi connectivity index (χ0n) is 15.7. The fourth-order valence-electron chi connectivity index (χ4n) is 3.65. The molecule has 1 fully saturated rings. The zero-order chi connectivity index (χ0) is 18.3. The largest absolute Gasteiger partial charge is 0.327 e. The van der Waals surface area contributed by atoms with Crippen molar-refractivity contribution in [2.24, 2.45) is 0 Å². The van der Waals surface area contributed by atoms with E-state index in [2.05, 4.69) is 41.3 Å². The predicted molar refractivity (Wildman–Crippen MR) is 97.7 cm³/mol. The van der Waals surface area contributed by atoms with Crippen molar-refractivity contribution in [3.8, 4) is 0 Å². The number of likely N-dealkylation sites (tertiary alicyclic amines) is 1. The molecule has 4 heterocycles. The first-order valence-corrected chi connectivity index (χ1v) is 9.36. The lowest BCUT2D eigenvalue weighted by Gasteiger charge is -2.24. The molecule has 0 aliphatic carbocycles. The third-order valence-electron chi connectivity index (χ3n) is 5.24. The van der Waals surface area contributed by atoms with E-state index < -0.39 is 0 Å². The molecule has 2 aromatic heterocycles.